The van der Waals surface area contributed by atoms with Gasteiger partial charge in [0.25, 0.3) is 0 Å². The van der Waals surface area contributed by atoms with Gasteiger partial charge in [0, 0.05) is 13.0 Å². The van der Waals surface area contributed by atoms with Crippen molar-refractivity contribution in [3.8, 4) is 5.75 Å². The van der Waals surface area contributed by atoms with Crippen molar-refractivity contribution in [3.63, 3.8) is 0 Å². The minimum atomic E-state index is 0.145. The molecule has 0 aliphatic heterocycles. The van der Waals surface area contributed by atoms with Crippen LogP contribution in [0.2, 0.25) is 0 Å². The van der Waals surface area contributed by atoms with Gasteiger partial charge in [0.2, 0.25) is 5.91 Å². The van der Waals surface area contributed by atoms with Crippen LogP contribution in [-0.4, -0.2) is 19.6 Å². The molecule has 3 heteroatoms. The zero-order chi connectivity index (χ0) is 16.3. The van der Waals surface area contributed by atoms with Crippen LogP contribution < -0.4 is 10.1 Å². The van der Waals surface area contributed by atoms with Crippen molar-refractivity contribution < 1.29 is 9.53 Å². The highest BCUT2D eigenvalue weighted by molar-refractivity contribution is 5.75. The molecule has 1 amide bonds. The van der Waals surface area contributed by atoms with E-state index >= 15 is 0 Å². The monoisotopic (exact) mass is 311 g/mol. The molecule has 2 rings (SSSR count). The van der Waals surface area contributed by atoms with E-state index in [1.807, 2.05) is 30.3 Å². The number of hydrogen-bond donors (Lipinski definition) is 1. The van der Waals surface area contributed by atoms with E-state index in [-0.39, 0.29) is 5.91 Å². The third kappa shape index (κ3) is 6.55. The third-order valence-electron chi connectivity index (χ3n) is 3.86. The number of aryl methyl sites for hydroxylation is 1. The molecule has 0 saturated heterocycles. The second kappa shape index (κ2) is 9.67. The smallest absolute Gasteiger partial charge is 0.220 e. The van der Waals surface area contributed by atoms with E-state index in [9.17, 15) is 4.79 Å². The average Bonchev–Trinajstić information content (AvgIpc) is 2.60. The molecular formula is C20H25NO2. The third-order valence-corrected chi connectivity index (χ3v) is 3.86. The quantitative estimate of drug-likeness (QED) is 0.716. The van der Waals surface area contributed by atoms with Crippen LogP contribution in [0.5, 0.6) is 5.75 Å². The molecular weight excluding hydrogens is 286 g/mol. The van der Waals surface area contributed by atoms with Gasteiger partial charge in [-0.2, -0.15) is 0 Å². The number of carbonyl (C=O) groups excluding carboxylic acids is 1. The lowest BCUT2D eigenvalue weighted by atomic mass is 10.1. The van der Waals surface area contributed by atoms with Gasteiger partial charge in [-0.3, -0.25) is 4.79 Å². The fourth-order valence-corrected chi connectivity index (χ4v) is 2.49. The molecule has 0 unspecified atom stereocenters. The number of rotatable bonds is 9. The largest absolute Gasteiger partial charge is 0.497 e. The van der Waals surface area contributed by atoms with E-state index in [2.05, 4.69) is 29.6 Å². The average molecular weight is 311 g/mol. The van der Waals surface area contributed by atoms with E-state index in [0.29, 0.717) is 13.0 Å². The first kappa shape index (κ1) is 17.1. The Morgan fingerprint density at radius 3 is 2.30 bits per heavy atom. The number of methoxy groups -OCH3 is 1. The van der Waals surface area contributed by atoms with Crippen LogP contribution >= 0.6 is 0 Å². The number of unbranched alkanes of at least 4 members (excludes halogenated alkanes) is 1. The van der Waals surface area contributed by atoms with E-state index < -0.39 is 0 Å². The van der Waals surface area contributed by atoms with Crippen molar-refractivity contribution in [2.45, 2.75) is 32.1 Å². The van der Waals surface area contributed by atoms with Crippen LogP contribution in [0, 0.1) is 0 Å². The Morgan fingerprint density at radius 1 is 0.913 bits per heavy atom. The highest BCUT2D eigenvalue weighted by Crippen LogP contribution is 2.11. The molecule has 122 valence electrons. The zero-order valence-corrected chi connectivity index (χ0v) is 13.8. The summed E-state index contributed by atoms with van der Waals surface area (Å²) in [6.45, 7) is 0.684. The number of benzene rings is 2. The fourth-order valence-electron chi connectivity index (χ4n) is 2.49. The van der Waals surface area contributed by atoms with Gasteiger partial charge in [-0.1, -0.05) is 42.5 Å². The molecule has 3 nitrogen and oxygen atoms in total. The lowest BCUT2D eigenvalue weighted by Crippen LogP contribution is -2.25. The standard InChI is InChI=1S/C20H25NO2/c1-23-19-13-11-18(12-14-19)15-16-21-20(22)10-6-5-9-17-7-3-2-4-8-17/h2-4,7-8,11-14H,5-6,9-10,15-16H2,1H3,(H,21,22). The molecule has 0 spiro atoms. The normalized spacial score (nSPS) is 10.3. The van der Waals surface area contributed by atoms with E-state index in [0.717, 1.165) is 31.4 Å². The number of ether oxygens (including phenoxy) is 1. The van der Waals surface area contributed by atoms with Crippen LogP contribution in [0.15, 0.2) is 54.6 Å². The summed E-state index contributed by atoms with van der Waals surface area (Å²) in [6.07, 6.45) is 4.48. The molecule has 2 aromatic rings. The second-order valence-corrected chi connectivity index (χ2v) is 5.64. The Kier molecular flexibility index (Phi) is 7.18. The molecule has 23 heavy (non-hydrogen) atoms. The molecule has 0 atom stereocenters. The Balaban J connectivity index is 1.56. The van der Waals surface area contributed by atoms with Crippen LogP contribution in [-0.2, 0) is 17.6 Å². The molecule has 1 N–H and O–H groups in total. The minimum absolute atomic E-state index is 0.145. The highest BCUT2D eigenvalue weighted by Gasteiger charge is 2.01. The Morgan fingerprint density at radius 2 is 1.61 bits per heavy atom. The molecule has 0 radical (unpaired) electrons. The predicted molar refractivity (Wildman–Crippen MR) is 93.7 cm³/mol. The first-order valence-corrected chi connectivity index (χ1v) is 8.21. The van der Waals surface area contributed by atoms with Crippen molar-refractivity contribution in [2.24, 2.45) is 0 Å². The van der Waals surface area contributed by atoms with Crippen molar-refractivity contribution in [1.82, 2.24) is 5.32 Å². The van der Waals surface area contributed by atoms with Crippen molar-refractivity contribution >= 4 is 5.91 Å². The van der Waals surface area contributed by atoms with Crippen LogP contribution in [0.3, 0.4) is 0 Å². The van der Waals surface area contributed by atoms with Crippen molar-refractivity contribution in [1.29, 1.82) is 0 Å². The van der Waals surface area contributed by atoms with Crippen molar-refractivity contribution in [2.75, 3.05) is 13.7 Å². The molecule has 0 aromatic heterocycles. The first-order chi connectivity index (χ1) is 11.3. The zero-order valence-electron chi connectivity index (χ0n) is 13.8. The predicted octanol–water partition coefficient (Wildman–Crippen LogP) is 3.77. The molecule has 2 aromatic carbocycles. The van der Waals surface area contributed by atoms with Gasteiger partial charge in [-0.15, -0.1) is 0 Å². The molecule has 0 heterocycles. The Bertz CT molecular complexity index is 578. The highest BCUT2D eigenvalue weighted by atomic mass is 16.5. The maximum Gasteiger partial charge on any atom is 0.220 e. The Labute approximate surface area is 138 Å². The van der Waals surface area contributed by atoms with Gasteiger partial charge < -0.3 is 10.1 Å². The molecule has 0 saturated carbocycles. The van der Waals surface area contributed by atoms with E-state index in [1.54, 1.807) is 7.11 Å². The van der Waals surface area contributed by atoms with Crippen LogP contribution in [0.25, 0.3) is 0 Å². The first-order valence-electron chi connectivity index (χ1n) is 8.21. The van der Waals surface area contributed by atoms with Gasteiger partial charge in [0.05, 0.1) is 7.11 Å². The molecule has 0 bridgehead atoms. The second-order valence-electron chi connectivity index (χ2n) is 5.64. The van der Waals surface area contributed by atoms with Gasteiger partial charge >= 0.3 is 0 Å². The summed E-state index contributed by atoms with van der Waals surface area (Å²) in [5, 5.41) is 2.99. The molecule has 0 aliphatic rings. The van der Waals surface area contributed by atoms with Crippen LogP contribution in [0.4, 0.5) is 0 Å². The van der Waals surface area contributed by atoms with E-state index in [4.69, 9.17) is 4.74 Å². The lowest BCUT2D eigenvalue weighted by molar-refractivity contribution is -0.121. The molecule has 0 aliphatic carbocycles. The fraction of sp³-hybridized carbons (Fsp3) is 0.350. The van der Waals surface area contributed by atoms with Crippen molar-refractivity contribution in [3.05, 3.63) is 65.7 Å². The maximum absolute atomic E-state index is 11.8. The Hall–Kier alpha value is -2.29. The van der Waals surface area contributed by atoms with Gasteiger partial charge in [0.15, 0.2) is 0 Å². The number of hydrogen-bond acceptors (Lipinski definition) is 2. The number of nitrogens with one attached hydrogen (secondary N) is 1. The van der Waals surface area contributed by atoms with E-state index in [1.165, 1.54) is 11.1 Å². The van der Waals surface area contributed by atoms with Gasteiger partial charge in [-0.05, 0) is 48.9 Å². The number of amides is 1. The summed E-state index contributed by atoms with van der Waals surface area (Å²) in [5.74, 6) is 1.00. The summed E-state index contributed by atoms with van der Waals surface area (Å²) in [5.41, 5.74) is 2.54. The summed E-state index contributed by atoms with van der Waals surface area (Å²) in [4.78, 5) is 11.8. The van der Waals surface area contributed by atoms with Crippen LogP contribution in [0.1, 0.15) is 30.4 Å². The number of carbonyl (C=O) groups is 1. The minimum Gasteiger partial charge on any atom is -0.497 e. The van der Waals surface area contributed by atoms with Gasteiger partial charge in [0.1, 0.15) is 5.75 Å². The summed E-state index contributed by atoms with van der Waals surface area (Å²) in [7, 11) is 1.66. The topological polar surface area (TPSA) is 38.3 Å². The summed E-state index contributed by atoms with van der Waals surface area (Å²) >= 11 is 0. The SMILES string of the molecule is COc1ccc(CCNC(=O)CCCCc2ccccc2)cc1. The summed E-state index contributed by atoms with van der Waals surface area (Å²) < 4.78 is 5.13. The maximum atomic E-state index is 11.8. The molecule has 0 fully saturated rings. The summed E-state index contributed by atoms with van der Waals surface area (Å²) in [6, 6.07) is 18.4. The lowest BCUT2D eigenvalue weighted by Gasteiger charge is -2.06. The van der Waals surface area contributed by atoms with Gasteiger partial charge in [-0.25, -0.2) is 0 Å².